The first kappa shape index (κ1) is 25.4. The van der Waals surface area contributed by atoms with Gasteiger partial charge in [0, 0.05) is 20.7 Å². The van der Waals surface area contributed by atoms with Crippen molar-refractivity contribution in [2.24, 2.45) is 0 Å². The van der Waals surface area contributed by atoms with Crippen LogP contribution >= 0.6 is 0 Å². The molecule has 4 amide bonds. The first-order valence-electron chi connectivity index (χ1n) is 11.3. The van der Waals surface area contributed by atoms with E-state index in [1.54, 1.807) is 36.3 Å². The average molecular weight is 477 g/mol. The minimum absolute atomic E-state index is 0.0907. The van der Waals surface area contributed by atoms with E-state index in [9.17, 15) is 24.3 Å². The number of methoxy groups -OCH3 is 1. The number of para-hydroxylation sites is 1. The van der Waals surface area contributed by atoms with Crippen LogP contribution in [0.5, 0.6) is 5.75 Å². The van der Waals surface area contributed by atoms with E-state index in [0.717, 1.165) is 12.8 Å². The highest BCUT2D eigenvalue weighted by Gasteiger charge is 2.36. The van der Waals surface area contributed by atoms with Crippen molar-refractivity contribution in [3.8, 4) is 5.75 Å². The maximum atomic E-state index is 13.4. The van der Waals surface area contributed by atoms with E-state index >= 15 is 0 Å². The Labute approximate surface area is 198 Å². The Bertz CT molecular complexity index is 909. The second-order valence-corrected chi connectivity index (χ2v) is 8.42. The fraction of sp³-hybridized carbons (Fsp3) is 0.565. The lowest BCUT2D eigenvalue weighted by molar-refractivity contribution is -0.139. The van der Waals surface area contributed by atoms with Gasteiger partial charge in [0.25, 0.3) is 5.91 Å². The topological polar surface area (TPSA) is 138 Å². The minimum atomic E-state index is -1.17. The standard InChI is InChI=1S/C23H32N4O7/c1-26-10-11-34-19-8-4-3-7-16(19)21(30)25-17(12-20(29)24-18(13-28)22(26)31)23(32)27-9-5-6-15(27)14-33-2/h3-4,7-8,15,17-18,28H,5-6,9-14H2,1-2H3,(H,24,29)(H,25,30)/t15-,17-,18-/m0/s1. The quantitative estimate of drug-likeness (QED) is 0.514. The number of fused-ring (bicyclic) bond motifs is 1. The molecule has 0 aliphatic carbocycles. The van der Waals surface area contributed by atoms with E-state index in [0.29, 0.717) is 18.9 Å². The van der Waals surface area contributed by atoms with Crippen LogP contribution in [0.15, 0.2) is 24.3 Å². The van der Waals surface area contributed by atoms with Crippen LogP contribution in [0.25, 0.3) is 0 Å². The third-order valence-electron chi connectivity index (χ3n) is 6.02. The summed E-state index contributed by atoms with van der Waals surface area (Å²) in [4.78, 5) is 55.0. The predicted octanol–water partition coefficient (Wildman–Crippen LogP) is -0.860. The Hall–Kier alpha value is -3.18. The molecule has 0 spiro atoms. The Morgan fingerprint density at radius 1 is 1.21 bits per heavy atom. The van der Waals surface area contributed by atoms with Crippen LogP contribution in [-0.2, 0) is 19.1 Å². The largest absolute Gasteiger partial charge is 0.491 e. The number of rotatable bonds is 4. The summed E-state index contributed by atoms with van der Waals surface area (Å²) >= 11 is 0. The molecule has 2 heterocycles. The fourth-order valence-electron chi connectivity index (χ4n) is 4.20. The zero-order valence-electron chi connectivity index (χ0n) is 19.5. The van der Waals surface area contributed by atoms with Gasteiger partial charge in [-0.1, -0.05) is 12.1 Å². The molecule has 1 saturated heterocycles. The number of likely N-dealkylation sites (N-methyl/N-ethyl adjacent to an activating group) is 1. The zero-order chi connectivity index (χ0) is 24.7. The normalized spacial score (nSPS) is 24.6. The van der Waals surface area contributed by atoms with Crippen molar-refractivity contribution in [2.75, 3.05) is 47.1 Å². The Morgan fingerprint density at radius 2 is 1.97 bits per heavy atom. The van der Waals surface area contributed by atoms with Crippen LogP contribution < -0.4 is 15.4 Å². The van der Waals surface area contributed by atoms with E-state index < -0.39 is 48.7 Å². The SMILES string of the molecule is COC[C@@H]1CCCN1C(=O)[C@@H]1CC(=O)N[C@@H](CO)C(=O)N(C)CCOc2ccccc2C(=O)N1. The molecule has 11 heteroatoms. The molecule has 3 atom stereocenters. The van der Waals surface area contributed by atoms with Crippen molar-refractivity contribution in [2.45, 2.75) is 37.4 Å². The summed E-state index contributed by atoms with van der Waals surface area (Å²) in [6.45, 7) is 0.503. The van der Waals surface area contributed by atoms with Gasteiger partial charge in [-0.2, -0.15) is 0 Å². The van der Waals surface area contributed by atoms with Crippen molar-refractivity contribution in [3.05, 3.63) is 29.8 Å². The first-order chi connectivity index (χ1) is 16.3. The summed E-state index contributed by atoms with van der Waals surface area (Å²) in [6, 6.07) is 4.07. The monoisotopic (exact) mass is 476 g/mol. The molecular formula is C23H32N4O7. The molecule has 1 aromatic carbocycles. The van der Waals surface area contributed by atoms with Gasteiger partial charge in [-0.25, -0.2) is 0 Å². The maximum Gasteiger partial charge on any atom is 0.255 e. The van der Waals surface area contributed by atoms with E-state index in [1.807, 2.05) is 0 Å². The van der Waals surface area contributed by atoms with Crippen LogP contribution in [0.1, 0.15) is 29.6 Å². The smallest absolute Gasteiger partial charge is 0.255 e. The second-order valence-electron chi connectivity index (χ2n) is 8.42. The summed E-state index contributed by atoms with van der Waals surface area (Å²) in [7, 11) is 3.08. The van der Waals surface area contributed by atoms with Crippen LogP contribution in [-0.4, -0.2) is 104 Å². The molecule has 1 aromatic rings. The lowest BCUT2D eigenvalue weighted by Crippen LogP contribution is -2.55. The molecule has 0 radical (unpaired) electrons. The molecule has 0 bridgehead atoms. The summed E-state index contributed by atoms with van der Waals surface area (Å²) in [5, 5.41) is 14.8. The average Bonchev–Trinajstić information content (AvgIpc) is 3.29. The molecule has 2 aliphatic rings. The highest BCUT2D eigenvalue weighted by molar-refractivity contribution is 6.01. The maximum absolute atomic E-state index is 13.4. The number of carbonyl (C=O) groups excluding carboxylic acids is 4. The number of likely N-dealkylation sites (tertiary alicyclic amines) is 1. The highest BCUT2D eigenvalue weighted by atomic mass is 16.5. The zero-order valence-corrected chi connectivity index (χ0v) is 19.5. The third-order valence-corrected chi connectivity index (χ3v) is 6.02. The summed E-state index contributed by atoms with van der Waals surface area (Å²) < 4.78 is 11.0. The number of nitrogens with one attached hydrogen (secondary N) is 2. The van der Waals surface area contributed by atoms with Crippen LogP contribution in [0, 0.1) is 0 Å². The molecule has 2 aliphatic heterocycles. The number of carbonyl (C=O) groups is 4. The van der Waals surface area contributed by atoms with Gasteiger partial charge in [-0.05, 0) is 25.0 Å². The molecule has 3 N–H and O–H groups in total. The van der Waals surface area contributed by atoms with Gasteiger partial charge in [-0.15, -0.1) is 0 Å². The number of nitrogens with zero attached hydrogens (tertiary/aromatic N) is 2. The van der Waals surface area contributed by atoms with Crippen molar-refractivity contribution in [1.82, 2.24) is 20.4 Å². The van der Waals surface area contributed by atoms with Gasteiger partial charge in [-0.3, -0.25) is 19.2 Å². The molecule has 34 heavy (non-hydrogen) atoms. The van der Waals surface area contributed by atoms with Gasteiger partial charge >= 0.3 is 0 Å². The second kappa shape index (κ2) is 11.8. The Balaban J connectivity index is 1.91. The van der Waals surface area contributed by atoms with Crippen molar-refractivity contribution < 1.29 is 33.8 Å². The number of aliphatic hydroxyl groups excluding tert-OH is 1. The predicted molar refractivity (Wildman–Crippen MR) is 121 cm³/mol. The van der Waals surface area contributed by atoms with E-state index in [4.69, 9.17) is 9.47 Å². The van der Waals surface area contributed by atoms with E-state index in [-0.39, 0.29) is 24.8 Å². The lowest BCUT2D eigenvalue weighted by atomic mass is 10.1. The molecular weight excluding hydrogens is 444 g/mol. The molecule has 3 rings (SSSR count). The third kappa shape index (κ3) is 6.03. The molecule has 0 unspecified atom stereocenters. The highest BCUT2D eigenvalue weighted by Crippen LogP contribution is 2.21. The fourth-order valence-corrected chi connectivity index (χ4v) is 4.20. The van der Waals surface area contributed by atoms with Gasteiger partial charge in [0.1, 0.15) is 24.4 Å². The summed E-state index contributed by atoms with van der Waals surface area (Å²) in [6.07, 6.45) is 1.16. The van der Waals surface area contributed by atoms with Crippen molar-refractivity contribution in [1.29, 1.82) is 0 Å². The van der Waals surface area contributed by atoms with Gasteiger partial charge in [0.15, 0.2) is 0 Å². The van der Waals surface area contributed by atoms with E-state index in [1.165, 1.54) is 11.9 Å². The summed E-state index contributed by atoms with van der Waals surface area (Å²) in [5.41, 5.74) is 0.217. The van der Waals surface area contributed by atoms with Crippen LogP contribution in [0.4, 0.5) is 0 Å². The molecule has 186 valence electrons. The number of benzene rings is 1. The number of hydrogen-bond acceptors (Lipinski definition) is 7. The summed E-state index contributed by atoms with van der Waals surface area (Å²) in [5.74, 6) is -1.78. The Kier molecular flexibility index (Phi) is 8.83. The van der Waals surface area contributed by atoms with Gasteiger partial charge in [0.2, 0.25) is 17.7 Å². The van der Waals surface area contributed by atoms with Gasteiger partial charge in [0.05, 0.1) is 37.8 Å². The van der Waals surface area contributed by atoms with Crippen LogP contribution in [0.3, 0.4) is 0 Å². The van der Waals surface area contributed by atoms with E-state index in [2.05, 4.69) is 10.6 Å². The number of hydrogen-bond donors (Lipinski definition) is 3. The molecule has 0 aromatic heterocycles. The van der Waals surface area contributed by atoms with Crippen molar-refractivity contribution >= 4 is 23.6 Å². The minimum Gasteiger partial charge on any atom is -0.491 e. The molecule has 11 nitrogen and oxygen atoms in total. The first-order valence-corrected chi connectivity index (χ1v) is 11.3. The lowest BCUT2D eigenvalue weighted by Gasteiger charge is -2.30. The van der Waals surface area contributed by atoms with Crippen molar-refractivity contribution in [3.63, 3.8) is 0 Å². The Morgan fingerprint density at radius 3 is 2.71 bits per heavy atom. The number of aliphatic hydroxyl groups is 1. The number of ether oxygens (including phenoxy) is 2. The molecule has 1 fully saturated rings. The van der Waals surface area contributed by atoms with Gasteiger partial charge < -0.3 is 35.0 Å². The molecule has 0 saturated carbocycles. The van der Waals surface area contributed by atoms with Crippen LogP contribution in [0.2, 0.25) is 0 Å². The number of amides is 4.